The first-order valence-electron chi connectivity index (χ1n) is 6.78. The minimum atomic E-state index is 0.371. The maximum atomic E-state index is 4.70. The van der Waals surface area contributed by atoms with Gasteiger partial charge in [0.1, 0.15) is 6.33 Å². The van der Waals surface area contributed by atoms with E-state index < -0.39 is 0 Å². The average molecular weight is 348 g/mol. The van der Waals surface area contributed by atoms with Crippen molar-refractivity contribution in [3.05, 3.63) is 23.1 Å². The van der Waals surface area contributed by atoms with Crippen LogP contribution in [0.4, 0.5) is 5.82 Å². The molecule has 108 valence electrons. The van der Waals surface area contributed by atoms with E-state index in [9.17, 15) is 0 Å². The third-order valence-electron chi connectivity index (χ3n) is 4.14. The van der Waals surface area contributed by atoms with E-state index in [1.165, 1.54) is 0 Å². The van der Waals surface area contributed by atoms with Gasteiger partial charge in [0.25, 0.3) is 0 Å². The van der Waals surface area contributed by atoms with E-state index in [0.29, 0.717) is 17.7 Å². The van der Waals surface area contributed by atoms with E-state index in [2.05, 4.69) is 48.3 Å². The van der Waals surface area contributed by atoms with Gasteiger partial charge in [-0.05, 0) is 36.0 Å². The molecule has 21 heavy (non-hydrogen) atoms. The number of rotatable bonds is 2. The number of fused-ring (bicyclic) bond motifs is 3. The van der Waals surface area contributed by atoms with Crippen molar-refractivity contribution in [2.75, 3.05) is 18.5 Å². The SMILES string of the molecule is CNC1CN(c2nc3ncc(Br)cc3n3cnnc23)C1C. The Morgan fingerprint density at radius 3 is 3.05 bits per heavy atom. The zero-order chi connectivity index (χ0) is 14.6. The molecule has 1 aliphatic rings. The molecule has 1 fully saturated rings. The number of pyridine rings is 1. The van der Waals surface area contributed by atoms with Gasteiger partial charge >= 0.3 is 0 Å². The van der Waals surface area contributed by atoms with Crippen LogP contribution in [0, 0.1) is 0 Å². The summed E-state index contributed by atoms with van der Waals surface area (Å²) in [5.74, 6) is 0.842. The van der Waals surface area contributed by atoms with Crippen LogP contribution in [0.3, 0.4) is 0 Å². The monoisotopic (exact) mass is 347 g/mol. The van der Waals surface area contributed by atoms with Crippen molar-refractivity contribution >= 4 is 38.6 Å². The lowest BCUT2D eigenvalue weighted by Crippen LogP contribution is -2.64. The van der Waals surface area contributed by atoms with E-state index in [-0.39, 0.29) is 0 Å². The Labute approximate surface area is 129 Å². The lowest BCUT2D eigenvalue weighted by molar-refractivity contribution is 0.352. The highest BCUT2D eigenvalue weighted by Crippen LogP contribution is 2.30. The molecule has 0 spiro atoms. The van der Waals surface area contributed by atoms with Crippen LogP contribution in [-0.2, 0) is 0 Å². The third-order valence-corrected chi connectivity index (χ3v) is 4.58. The Hall–Kier alpha value is -1.80. The molecular weight excluding hydrogens is 334 g/mol. The van der Waals surface area contributed by atoms with E-state index in [1.807, 2.05) is 17.5 Å². The standard InChI is InChI=1S/C13H14BrN7/c1-7-9(15-2)5-20(7)12-13-19-17-6-21(13)10-3-8(14)4-16-11(10)18-12/h3-4,6-7,9,15H,5H2,1-2H3. The Kier molecular flexibility index (Phi) is 2.83. The van der Waals surface area contributed by atoms with Crippen molar-refractivity contribution in [3.8, 4) is 0 Å². The molecule has 0 radical (unpaired) electrons. The first-order valence-corrected chi connectivity index (χ1v) is 7.57. The molecule has 1 saturated heterocycles. The fourth-order valence-corrected chi connectivity index (χ4v) is 3.13. The smallest absolute Gasteiger partial charge is 0.204 e. The van der Waals surface area contributed by atoms with Gasteiger partial charge in [0.05, 0.1) is 5.52 Å². The maximum absolute atomic E-state index is 4.70. The number of halogens is 1. The minimum Gasteiger partial charge on any atom is -0.347 e. The van der Waals surface area contributed by atoms with Gasteiger partial charge in [-0.3, -0.25) is 4.40 Å². The molecule has 2 atom stereocenters. The van der Waals surface area contributed by atoms with Gasteiger partial charge < -0.3 is 10.2 Å². The fourth-order valence-electron chi connectivity index (χ4n) is 2.81. The van der Waals surface area contributed by atoms with Crippen LogP contribution in [0.25, 0.3) is 16.8 Å². The molecule has 0 bridgehead atoms. The van der Waals surface area contributed by atoms with Crippen LogP contribution < -0.4 is 10.2 Å². The van der Waals surface area contributed by atoms with Crippen LogP contribution in [-0.4, -0.2) is 50.2 Å². The molecule has 0 amide bonds. The summed E-state index contributed by atoms with van der Waals surface area (Å²) >= 11 is 3.44. The molecule has 2 unspecified atom stereocenters. The number of hydrogen-bond acceptors (Lipinski definition) is 6. The summed E-state index contributed by atoms with van der Waals surface area (Å²) in [6.45, 7) is 3.09. The highest BCUT2D eigenvalue weighted by Gasteiger charge is 2.36. The molecule has 0 saturated carbocycles. The lowest BCUT2D eigenvalue weighted by Gasteiger charge is -2.46. The van der Waals surface area contributed by atoms with Gasteiger partial charge in [0, 0.05) is 29.3 Å². The summed E-state index contributed by atoms with van der Waals surface area (Å²) < 4.78 is 2.85. The molecule has 7 nitrogen and oxygen atoms in total. The molecule has 0 aliphatic carbocycles. The first kappa shape index (κ1) is 12.9. The van der Waals surface area contributed by atoms with E-state index in [0.717, 1.165) is 28.0 Å². The molecule has 1 N–H and O–H groups in total. The normalized spacial score (nSPS) is 22.0. The highest BCUT2D eigenvalue weighted by atomic mass is 79.9. The summed E-state index contributed by atoms with van der Waals surface area (Å²) in [5.41, 5.74) is 2.36. The fraction of sp³-hybridized carbons (Fsp3) is 0.385. The molecular formula is C13H14BrN7. The number of likely N-dealkylation sites (N-methyl/N-ethyl adjacent to an activating group) is 1. The topological polar surface area (TPSA) is 71.2 Å². The summed E-state index contributed by atoms with van der Waals surface area (Å²) in [6, 6.07) is 2.82. The van der Waals surface area contributed by atoms with Crippen LogP contribution >= 0.6 is 15.9 Å². The Bertz CT molecular complexity index is 830. The van der Waals surface area contributed by atoms with Gasteiger partial charge in [0.2, 0.25) is 5.65 Å². The first-order chi connectivity index (χ1) is 10.2. The number of aromatic nitrogens is 5. The number of nitrogens with one attached hydrogen (secondary N) is 1. The Morgan fingerprint density at radius 2 is 2.29 bits per heavy atom. The average Bonchev–Trinajstić information content (AvgIpc) is 2.96. The highest BCUT2D eigenvalue weighted by molar-refractivity contribution is 9.10. The largest absolute Gasteiger partial charge is 0.347 e. The second kappa shape index (κ2) is 4.60. The van der Waals surface area contributed by atoms with Crippen molar-refractivity contribution < 1.29 is 0 Å². The van der Waals surface area contributed by atoms with Crippen molar-refractivity contribution in [2.24, 2.45) is 0 Å². The summed E-state index contributed by atoms with van der Waals surface area (Å²) in [7, 11) is 1.98. The number of hydrogen-bond donors (Lipinski definition) is 1. The molecule has 8 heteroatoms. The second-order valence-electron chi connectivity index (χ2n) is 5.24. The summed E-state index contributed by atoms with van der Waals surface area (Å²) in [5, 5.41) is 11.6. The molecule has 1 aliphatic heterocycles. The van der Waals surface area contributed by atoms with Crippen LogP contribution in [0.1, 0.15) is 6.92 Å². The summed E-state index contributed by atoms with van der Waals surface area (Å²) in [4.78, 5) is 11.3. The Balaban J connectivity index is 1.92. The molecule has 4 rings (SSSR count). The second-order valence-corrected chi connectivity index (χ2v) is 6.16. The predicted octanol–water partition coefficient (Wildman–Crippen LogP) is 1.23. The zero-order valence-corrected chi connectivity index (χ0v) is 13.2. The quantitative estimate of drug-likeness (QED) is 0.751. The molecule has 3 aromatic rings. The van der Waals surface area contributed by atoms with Crippen molar-refractivity contribution in [1.82, 2.24) is 29.9 Å². The van der Waals surface area contributed by atoms with Crippen LogP contribution in [0.2, 0.25) is 0 Å². The van der Waals surface area contributed by atoms with E-state index in [4.69, 9.17) is 4.98 Å². The lowest BCUT2D eigenvalue weighted by atomic mass is 9.98. The van der Waals surface area contributed by atoms with Gasteiger partial charge in [-0.2, -0.15) is 0 Å². The van der Waals surface area contributed by atoms with Gasteiger partial charge in [-0.15, -0.1) is 10.2 Å². The van der Waals surface area contributed by atoms with Crippen molar-refractivity contribution in [3.63, 3.8) is 0 Å². The minimum absolute atomic E-state index is 0.371. The van der Waals surface area contributed by atoms with Crippen molar-refractivity contribution in [2.45, 2.75) is 19.0 Å². The van der Waals surface area contributed by atoms with Crippen molar-refractivity contribution in [1.29, 1.82) is 0 Å². The van der Waals surface area contributed by atoms with Gasteiger partial charge in [-0.1, -0.05) is 0 Å². The van der Waals surface area contributed by atoms with Gasteiger partial charge in [0.15, 0.2) is 11.5 Å². The zero-order valence-electron chi connectivity index (χ0n) is 11.7. The molecule has 0 aromatic carbocycles. The third kappa shape index (κ3) is 1.82. The number of anilines is 1. The van der Waals surface area contributed by atoms with Crippen LogP contribution in [0.15, 0.2) is 23.1 Å². The van der Waals surface area contributed by atoms with Crippen LogP contribution in [0.5, 0.6) is 0 Å². The van der Waals surface area contributed by atoms with E-state index in [1.54, 1.807) is 12.5 Å². The van der Waals surface area contributed by atoms with E-state index >= 15 is 0 Å². The Morgan fingerprint density at radius 1 is 1.43 bits per heavy atom. The number of nitrogens with zero attached hydrogens (tertiary/aromatic N) is 6. The summed E-state index contributed by atoms with van der Waals surface area (Å²) in [6.07, 6.45) is 3.46. The maximum Gasteiger partial charge on any atom is 0.204 e. The predicted molar refractivity (Wildman–Crippen MR) is 83.4 cm³/mol. The molecule has 3 aromatic heterocycles. The molecule has 4 heterocycles. The van der Waals surface area contributed by atoms with Gasteiger partial charge in [-0.25, -0.2) is 9.97 Å².